The molecule has 104 valence electrons. The molecule has 0 saturated carbocycles. The van der Waals surface area contributed by atoms with E-state index in [1.165, 1.54) is 15.3 Å². The lowest BCUT2D eigenvalue weighted by Crippen LogP contribution is -2.38. The van der Waals surface area contributed by atoms with Crippen molar-refractivity contribution in [3.05, 3.63) is 44.3 Å². The van der Waals surface area contributed by atoms with Crippen molar-refractivity contribution in [1.82, 2.24) is 4.90 Å². The van der Waals surface area contributed by atoms with Gasteiger partial charge in [0.15, 0.2) is 0 Å². The largest absolute Gasteiger partial charge is 0.326 e. The van der Waals surface area contributed by atoms with E-state index in [2.05, 4.69) is 61.7 Å². The molecule has 0 aliphatic heterocycles. The fourth-order valence-electron chi connectivity index (χ4n) is 2.45. The third kappa shape index (κ3) is 3.08. The van der Waals surface area contributed by atoms with Gasteiger partial charge in [-0.2, -0.15) is 0 Å². The quantitative estimate of drug-likeness (QED) is 0.895. The van der Waals surface area contributed by atoms with Gasteiger partial charge < -0.3 is 5.73 Å². The SMILES string of the molecule is Cc1ccsc1C(C(C)N)N(C)C(C)c1cccs1. The summed E-state index contributed by atoms with van der Waals surface area (Å²) in [5.41, 5.74) is 7.60. The molecule has 0 aliphatic rings. The molecule has 4 heteroatoms. The summed E-state index contributed by atoms with van der Waals surface area (Å²) in [6, 6.07) is 7.27. The Morgan fingerprint density at radius 3 is 2.37 bits per heavy atom. The van der Waals surface area contributed by atoms with Gasteiger partial charge >= 0.3 is 0 Å². The van der Waals surface area contributed by atoms with Crippen molar-refractivity contribution in [3.63, 3.8) is 0 Å². The molecule has 2 N–H and O–H groups in total. The van der Waals surface area contributed by atoms with Gasteiger partial charge in [-0.3, -0.25) is 4.90 Å². The highest BCUT2D eigenvalue weighted by Crippen LogP contribution is 2.36. The smallest absolute Gasteiger partial charge is 0.0596 e. The highest BCUT2D eigenvalue weighted by atomic mass is 32.1. The molecule has 3 atom stereocenters. The number of hydrogen-bond donors (Lipinski definition) is 1. The molecular weight excluding hydrogens is 272 g/mol. The normalized spacial score (nSPS) is 16.5. The minimum Gasteiger partial charge on any atom is -0.326 e. The summed E-state index contributed by atoms with van der Waals surface area (Å²) in [6.45, 7) is 6.52. The van der Waals surface area contributed by atoms with E-state index in [0.717, 1.165) is 0 Å². The van der Waals surface area contributed by atoms with Gasteiger partial charge in [-0.05, 0) is 56.3 Å². The van der Waals surface area contributed by atoms with Crippen LogP contribution in [0.25, 0.3) is 0 Å². The predicted molar refractivity (Wildman–Crippen MR) is 85.9 cm³/mol. The van der Waals surface area contributed by atoms with Gasteiger partial charge in [0.1, 0.15) is 0 Å². The molecule has 2 aromatic heterocycles. The fraction of sp³-hybridized carbons (Fsp3) is 0.467. The van der Waals surface area contributed by atoms with Crippen LogP contribution in [0.2, 0.25) is 0 Å². The van der Waals surface area contributed by atoms with Crippen molar-refractivity contribution >= 4 is 22.7 Å². The second kappa shape index (κ2) is 6.18. The van der Waals surface area contributed by atoms with Gasteiger partial charge in [-0.25, -0.2) is 0 Å². The maximum atomic E-state index is 6.26. The molecule has 0 spiro atoms. The van der Waals surface area contributed by atoms with Crippen molar-refractivity contribution in [2.75, 3.05) is 7.05 Å². The average molecular weight is 294 g/mol. The van der Waals surface area contributed by atoms with Crippen LogP contribution in [0.4, 0.5) is 0 Å². The number of likely N-dealkylation sites (N-methyl/N-ethyl adjacent to an activating group) is 1. The van der Waals surface area contributed by atoms with Crippen LogP contribution in [-0.2, 0) is 0 Å². The Kier molecular flexibility index (Phi) is 4.79. The van der Waals surface area contributed by atoms with Crippen LogP contribution in [0.15, 0.2) is 29.0 Å². The zero-order valence-corrected chi connectivity index (χ0v) is 13.6. The first kappa shape index (κ1) is 14.7. The Balaban J connectivity index is 2.27. The summed E-state index contributed by atoms with van der Waals surface area (Å²) in [7, 11) is 2.18. The van der Waals surface area contributed by atoms with E-state index in [-0.39, 0.29) is 12.1 Å². The molecule has 2 aromatic rings. The molecule has 2 heterocycles. The molecule has 0 aliphatic carbocycles. The van der Waals surface area contributed by atoms with Crippen LogP contribution in [0.5, 0.6) is 0 Å². The van der Waals surface area contributed by atoms with Crippen LogP contribution in [0, 0.1) is 6.92 Å². The van der Waals surface area contributed by atoms with Crippen LogP contribution >= 0.6 is 22.7 Å². The molecule has 3 unspecified atom stereocenters. The van der Waals surface area contributed by atoms with Gasteiger partial charge in [-0.1, -0.05) is 6.07 Å². The monoisotopic (exact) mass is 294 g/mol. The van der Waals surface area contributed by atoms with Crippen molar-refractivity contribution < 1.29 is 0 Å². The maximum absolute atomic E-state index is 6.26. The van der Waals surface area contributed by atoms with Crippen LogP contribution in [-0.4, -0.2) is 18.0 Å². The summed E-state index contributed by atoms with van der Waals surface area (Å²) in [6.07, 6.45) is 0. The van der Waals surface area contributed by atoms with E-state index in [9.17, 15) is 0 Å². The Hall–Kier alpha value is -0.680. The summed E-state index contributed by atoms with van der Waals surface area (Å²) >= 11 is 3.62. The second-order valence-electron chi connectivity index (χ2n) is 5.13. The minimum atomic E-state index is 0.116. The summed E-state index contributed by atoms with van der Waals surface area (Å²) in [5.74, 6) is 0. The topological polar surface area (TPSA) is 29.3 Å². The molecule has 0 radical (unpaired) electrons. The van der Waals surface area contributed by atoms with E-state index < -0.39 is 0 Å². The molecule has 0 bridgehead atoms. The lowest BCUT2D eigenvalue weighted by atomic mass is 10.0. The highest BCUT2D eigenvalue weighted by Gasteiger charge is 2.28. The van der Waals surface area contributed by atoms with Crippen molar-refractivity contribution in [1.29, 1.82) is 0 Å². The first-order valence-electron chi connectivity index (χ1n) is 6.57. The van der Waals surface area contributed by atoms with Gasteiger partial charge in [0, 0.05) is 21.8 Å². The summed E-state index contributed by atoms with van der Waals surface area (Å²) in [5, 5.41) is 4.29. The number of nitrogens with two attached hydrogens (primary N) is 1. The first-order chi connectivity index (χ1) is 9.02. The summed E-state index contributed by atoms with van der Waals surface area (Å²) < 4.78 is 0. The van der Waals surface area contributed by atoms with Gasteiger partial charge in [0.25, 0.3) is 0 Å². The Morgan fingerprint density at radius 1 is 1.16 bits per heavy atom. The van der Waals surface area contributed by atoms with E-state index in [1.807, 2.05) is 22.7 Å². The predicted octanol–water partition coefficient (Wildman–Crippen LogP) is 4.20. The first-order valence-corrected chi connectivity index (χ1v) is 8.33. The number of hydrogen-bond acceptors (Lipinski definition) is 4. The summed E-state index contributed by atoms with van der Waals surface area (Å²) in [4.78, 5) is 5.18. The number of aryl methyl sites for hydroxylation is 1. The second-order valence-corrected chi connectivity index (χ2v) is 7.06. The standard InChI is InChI=1S/C15H22N2S2/c1-10-7-9-19-15(10)14(11(2)16)17(4)12(3)13-6-5-8-18-13/h5-9,11-12,14H,16H2,1-4H3. The number of rotatable bonds is 5. The van der Waals surface area contributed by atoms with E-state index in [1.54, 1.807) is 0 Å². The molecule has 2 rings (SSSR count). The Labute approximate surface area is 123 Å². The van der Waals surface area contributed by atoms with E-state index in [0.29, 0.717) is 6.04 Å². The van der Waals surface area contributed by atoms with Gasteiger partial charge in [-0.15, -0.1) is 22.7 Å². The average Bonchev–Trinajstić information content (AvgIpc) is 3.00. The Bertz CT molecular complexity index is 502. The lowest BCUT2D eigenvalue weighted by molar-refractivity contribution is 0.170. The third-order valence-electron chi connectivity index (χ3n) is 3.67. The molecular formula is C15H22N2S2. The maximum Gasteiger partial charge on any atom is 0.0596 e. The molecule has 0 fully saturated rings. The van der Waals surface area contributed by atoms with Crippen molar-refractivity contribution in [3.8, 4) is 0 Å². The van der Waals surface area contributed by atoms with Gasteiger partial charge in [0.2, 0.25) is 0 Å². The molecule has 0 saturated heterocycles. The molecule has 19 heavy (non-hydrogen) atoms. The lowest BCUT2D eigenvalue weighted by Gasteiger charge is -2.35. The number of nitrogens with zero attached hydrogens (tertiary/aromatic N) is 1. The zero-order valence-electron chi connectivity index (χ0n) is 12.0. The van der Waals surface area contributed by atoms with Gasteiger partial charge in [0.05, 0.1) is 6.04 Å². The molecule has 0 amide bonds. The van der Waals surface area contributed by atoms with Crippen molar-refractivity contribution in [2.24, 2.45) is 5.73 Å². The van der Waals surface area contributed by atoms with E-state index in [4.69, 9.17) is 5.73 Å². The van der Waals surface area contributed by atoms with Crippen LogP contribution < -0.4 is 5.73 Å². The minimum absolute atomic E-state index is 0.116. The molecule has 0 aromatic carbocycles. The number of thiophene rings is 2. The highest BCUT2D eigenvalue weighted by molar-refractivity contribution is 7.10. The fourth-order valence-corrected chi connectivity index (χ4v) is 4.48. The Morgan fingerprint density at radius 2 is 1.89 bits per heavy atom. The van der Waals surface area contributed by atoms with Crippen LogP contribution in [0.1, 0.15) is 41.2 Å². The third-order valence-corrected chi connectivity index (χ3v) is 5.81. The van der Waals surface area contributed by atoms with Crippen LogP contribution in [0.3, 0.4) is 0 Å². The molecule has 2 nitrogen and oxygen atoms in total. The van der Waals surface area contributed by atoms with Crippen molar-refractivity contribution in [2.45, 2.75) is 38.9 Å². The van der Waals surface area contributed by atoms with E-state index >= 15 is 0 Å². The zero-order chi connectivity index (χ0) is 14.0.